The Hall–Kier alpha value is -1.88. The standard InChI is InChI=1S/C15H19NO3S.2C2H6/c1-10-5-6-12(20-10)9-16-11-7-13(17-2)15(19-4)14(8-11)18-3;2*1-2/h5-8,16H,9H2,1-4H3;2*1-2H3. The lowest BCUT2D eigenvalue weighted by molar-refractivity contribution is 0.324. The van der Waals surface area contributed by atoms with Gasteiger partial charge in [0.25, 0.3) is 0 Å². The summed E-state index contributed by atoms with van der Waals surface area (Å²) in [7, 11) is 4.83. The van der Waals surface area contributed by atoms with Gasteiger partial charge in [-0.1, -0.05) is 27.7 Å². The summed E-state index contributed by atoms with van der Waals surface area (Å²) < 4.78 is 16.0. The van der Waals surface area contributed by atoms with Crippen molar-refractivity contribution in [2.75, 3.05) is 26.6 Å². The van der Waals surface area contributed by atoms with Crippen LogP contribution in [0.25, 0.3) is 0 Å². The largest absolute Gasteiger partial charge is 0.493 e. The minimum absolute atomic E-state index is 0.604. The second-order valence-corrected chi connectivity index (χ2v) is 5.65. The first-order valence-corrected chi connectivity index (χ1v) is 9.08. The van der Waals surface area contributed by atoms with E-state index in [1.54, 1.807) is 32.7 Å². The Morgan fingerprint density at radius 3 is 1.79 bits per heavy atom. The maximum absolute atomic E-state index is 5.33. The van der Waals surface area contributed by atoms with Crippen LogP contribution in [0.1, 0.15) is 37.4 Å². The summed E-state index contributed by atoms with van der Waals surface area (Å²) in [5, 5.41) is 3.37. The zero-order valence-corrected chi connectivity index (χ0v) is 17.0. The van der Waals surface area contributed by atoms with Gasteiger partial charge >= 0.3 is 0 Å². The molecule has 0 aliphatic heterocycles. The molecule has 0 bridgehead atoms. The van der Waals surface area contributed by atoms with Crippen molar-refractivity contribution in [3.05, 3.63) is 34.0 Å². The third kappa shape index (κ3) is 6.32. The van der Waals surface area contributed by atoms with Gasteiger partial charge in [-0.05, 0) is 19.1 Å². The van der Waals surface area contributed by atoms with Gasteiger partial charge in [0, 0.05) is 34.1 Å². The van der Waals surface area contributed by atoms with Crippen LogP contribution in [0.4, 0.5) is 5.69 Å². The predicted octanol–water partition coefficient (Wildman–Crippen LogP) is 5.75. The first-order valence-electron chi connectivity index (χ1n) is 8.27. The molecule has 0 saturated heterocycles. The van der Waals surface area contributed by atoms with Crippen molar-refractivity contribution in [2.45, 2.75) is 41.2 Å². The monoisotopic (exact) mass is 353 g/mol. The summed E-state index contributed by atoms with van der Waals surface area (Å²) in [5.41, 5.74) is 0.936. The van der Waals surface area contributed by atoms with Gasteiger partial charge in [-0.2, -0.15) is 0 Å². The van der Waals surface area contributed by atoms with Crippen LogP contribution in [0.5, 0.6) is 17.2 Å². The van der Waals surface area contributed by atoms with Gasteiger partial charge in [-0.25, -0.2) is 0 Å². The van der Waals surface area contributed by atoms with E-state index in [1.807, 2.05) is 39.8 Å². The van der Waals surface area contributed by atoms with Gasteiger partial charge in [0.1, 0.15) is 0 Å². The number of hydrogen-bond donors (Lipinski definition) is 1. The van der Waals surface area contributed by atoms with Crippen molar-refractivity contribution >= 4 is 17.0 Å². The molecule has 0 fully saturated rings. The van der Waals surface area contributed by atoms with Gasteiger partial charge < -0.3 is 19.5 Å². The molecule has 136 valence electrons. The molecule has 0 saturated carbocycles. The fourth-order valence-electron chi connectivity index (χ4n) is 1.95. The molecule has 1 aromatic carbocycles. The SMILES string of the molecule is CC.CC.COc1cc(NCc2ccc(C)s2)cc(OC)c1OC. The molecule has 5 heteroatoms. The lowest BCUT2D eigenvalue weighted by Crippen LogP contribution is -2.00. The number of benzene rings is 1. The van der Waals surface area contributed by atoms with Crippen LogP contribution in [-0.2, 0) is 6.54 Å². The lowest BCUT2D eigenvalue weighted by Gasteiger charge is -2.14. The van der Waals surface area contributed by atoms with E-state index in [4.69, 9.17) is 14.2 Å². The van der Waals surface area contributed by atoms with E-state index in [2.05, 4.69) is 24.4 Å². The normalized spacial score (nSPS) is 9.00. The molecule has 4 nitrogen and oxygen atoms in total. The average Bonchev–Trinajstić information content (AvgIpc) is 3.07. The van der Waals surface area contributed by atoms with E-state index < -0.39 is 0 Å². The number of rotatable bonds is 6. The number of aryl methyl sites for hydroxylation is 1. The van der Waals surface area contributed by atoms with E-state index >= 15 is 0 Å². The van der Waals surface area contributed by atoms with Crippen LogP contribution in [0.2, 0.25) is 0 Å². The van der Waals surface area contributed by atoms with Crippen LogP contribution in [0.15, 0.2) is 24.3 Å². The van der Waals surface area contributed by atoms with Crippen LogP contribution >= 0.6 is 11.3 Å². The van der Waals surface area contributed by atoms with E-state index in [-0.39, 0.29) is 0 Å². The third-order valence-electron chi connectivity index (χ3n) is 2.93. The zero-order valence-electron chi connectivity index (χ0n) is 16.1. The summed E-state index contributed by atoms with van der Waals surface area (Å²) in [4.78, 5) is 2.60. The Labute approximate surface area is 150 Å². The van der Waals surface area contributed by atoms with Crippen LogP contribution in [0, 0.1) is 6.92 Å². The summed E-state index contributed by atoms with van der Waals surface area (Å²) in [5.74, 6) is 1.90. The smallest absolute Gasteiger partial charge is 0.203 e. The van der Waals surface area contributed by atoms with Crippen LogP contribution in [0.3, 0.4) is 0 Å². The van der Waals surface area contributed by atoms with Crippen molar-refractivity contribution < 1.29 is 14.2 Å². The Morgan fingerprint density at radius 2 is 1.42 bits per heavy atom. The van der Waals surface area contributed by atoms with Gasteiger partial charge in [0.15, 0.2) is 11.5 Å². The van der Waals surface area contributed by atoms with E-state index in [0.717, 1.165) is 12.2 Å². The number of nitrogens with one attached hydrogen (secondary N) is 1. The van der Waals surface area contributed by atoms with Gasteiger partial charge in [-0.15, -0.1) is 11.3 Å². The second-order valence-electron chi connectivity index (χ2n) is 4.28. The minimum atomic E-state index is 0.604. The molecular weight excluding hydrogens is 322 g/mol. The molecule has 0 radical (unpaired) electrons. The topological polar surface area (TPSA) is 39.7 Å². The molecule has 1 heterocycles. The Morgan fingerprint density at radius 1 is 0.875 bits per heavy atom. The molecule has 0 amide bonds. The molecule has 0 atom stereocenters. The highest BCUT2D eigenvalue weighted by molar-refractivity contribution is 7.11. The molecule has 0 spiro atoms. The van der Waals surface area contributed by atoms with Gasteiger partial charge in [0.2, 0.25) is 5.75 Å². The quantitative estimate of drug-likeness (QED) is 0.718. The molecule has 24 heavy (non-hydrogen) atoms. The van der Waals surface area contributed by atoms with Crippen molar-refractivity contribution in [2.24, 2.45) is 0 Å². The van der Waals surface area contributed by atoms with Crippen LogP contribution < -0.4 is 19.5 Å². The van der Waals surface area contributed by atoms with E-state index in [9.17, 15) is 0 Å². The molecule has 0 aliphatic carbocycles. The molecule has 0 unspecified atom stereocenters. The van der Waals surface area contributed by atoms with Crippen molar-refractivity contribution in [3.8, 4) is 17.2 Å². The first kappa shape index (κ1) is 22.1. The van der Waals surface area contributed by atoms with Crippen molar-refractivity contribution in [3.63, 3.8) is 0 Å². The molecule has 1 N–H and O–H groups in total. The molecule has 1 aromatic heterocycles. The number of anilines is 1. The highest BCUT2D eigenvalue weighted by Gasteiger charge is 2.13. The van der Waals surface area contributed by atoms with E-state index in [0.29, 0.717) is 17.2 Å². The van der Waals surface area contributed by atoms with Crippen LogP contribution in [-0.4, -0.2) is 21.3 Å². The molecular formula is C19H31NO3S. The third-order valence-corrected chi connectivity index (χ3v) is 3.93. The van der Waals surface area contributed by atoms with Crippen molar-refractivity contribution in [1.82, 2.24) is 0 Å². The maximum Gasteiger partial charge on any atom is 0.203 e. The zero-order chi connectivity index (χ0) is 18.5. The Bertz CT molecular complexity index is 557. The molecule has 2 rings (SSSR count). The predicted molar refractivity (Wildman–Crippen MR) is 105 cm³/mol. The summed E-state index contributed by atoms with van der Waals surface area (Å²) in [6, 6.07) is 8.06. The maximum atomic E-state index is 5.33. The highest BCUT2D eigenvalue weighted by atomic mass is 32.1. The average molecular weight is 354 g/mol. The summed E-state index contributed by atoms with van der Waals surface area (Å²) >= 11 is 1.78. The second kappa shape index (κ2) is 12.5. The number of ether oxygens (including phenoxy) is 3. The fourth-order valence-corrected chi connectivity index (χ4v) is 2.78. The lowest BCUT2D eigenvalue weighted by atomic mass is 10.2. The van der Waals surface area contributed by atoms with Gasteiger partial charge in [0.05, 0.1) is 21.3 Å². The Balaban J connectivity index is 0.00000123. The number of hydrogen-bond acceptors (Lipinski definition) is 5. The highest BCUT2D eigenvalue weighted by Crippen LogP contribution is 2.40. The van der Waals surface area contributed by atoms with E-state index in [1.165, 1.54) is 9.75 Å². The molecule has 2 aromatic rings. The summed E-state index contributed by atoms with van der Waals surface area (Å²) in [6.07, 6.45) is 0. The fraction of sp³-hybridized carbons (Fsp3) is 0.474. The minimum Gasteiger partial charge on any atom is -0.493 e. The molecule has 0 aliphatic rings. The first-order chi connectivity index (χ1) is 11.7. The van der Waals surface area contributed by atoms with Crippen molar-refractivity contribution in [1.29, 1.82) is 0 Å². The Kier molecular flexibility index (Phi) is 11.5. The van der Waals surface area contributed by atoms with Gasteiger partial charge in [-0.3, -0.25) is 0 Å². The number of methoxy groups -OCH3 is 3. The number of thiophene rings is 1. The summed E-state index contributed by atoms with van der Waals surface area (Å²) in [6.45, 7) is 10.9.